The number of ether oxygens (including phenoxy) is 1. The highest BCUT2D eigenvalue weighted by molar-refractivity contribution is 6.02. The Kier molecular flexibility index (Phi) is 4.57. The maximum absolute atomic E-state index is 12.1. The fraction of sp³-hybridized carbons (Fsp3) is 0.100. The van der Waals surface area contributed by atoms with Gasteiger partial charge in [0.25, 0.3) is 0 Å². The first-order chi connectivity index (χ1) is 11.7. The van der Waals surface area contributed by atoms with E-state index in [1.54, 1.807) is 13.2 Å². The predicted octanol–water partition coefficient (Wildman–Crippen LogP) is 4.20. The summed E-state index contributed by atoms with van der Waals surface area (Å²) in [5.41, 5.74) is 3.34. The molecule has 0 aliphatic carbocycles. The molecule has 0 radical (unpaired) electrons. The number of anilines is 1. The summed E-state index contributed by atoms with van der Waals surface area (Å²) in [4.78, 5) is 16.7. The van der Waals surface area contributed by atoms with Gasteiger partial charge in [-0.3, -0.25) is 4.79 Å². The van der Waals surface area contributed by atoms with E-state index in [9.17, 15) is 4.79 Å². The molecule has 2 aromatic carbocycles. The molecule has 1 aromatic heterocycles. The second-order valence-corrected chi connectivity index (χ2v) is 5.46. The monoisotopic (exact) mass is 318 g/mol. The van der Waals surface area contributed by atoms with Crippen molar-refractivity contribution in [1.29, 1.82) is 0 Å². The van der Waals surface area contributed by atoms with Crippen LogP contribution in [0.3, 0.4) is 0 Å². The first-order valence-corrected chi connectivity index (χ1v) is 7.65. The molecule has 0 aliphatic heterocycles. The lowest BCUT2D eigenvalue weighted by Crippen LogP contribution is -2.09. The van der Waals surface area contributed by atoms with Crippen molar-refractivity contribution in [3.63, 3.8) is 0 Å². The molecule has 24 heavy (non-hydrogen) atoms. The Morgan fingerprint density at radius 3 is 2.79 bits per heavy atom. The minimum absolute atomic E-state index is 0.228. The van der Waals surface area contributed by atoms with E-state index in [-0.39, 0.29) is 5.91 Å². The lowest BCUT2D eigenvalue weighted by molar-refractivity contribution is -0.111. The van der Waals surface area contributed by atoms with Crippen molar-refractivity contribution < 1.29 is 9.53 Å². The normalized spacial score (nSPS) is 10.9. The van der Waals surface area contributed by atoms with Gasteiger partial charge in [0.2, 0.25) is 5.91 Å². The molecule has 3 rings (SSSR count). The average Bonchev–Trinajstić information content (AvgIpc) is 2.60. The summed E-state index contributed by atoms with van der Waals surface area (Å²) in [7, 11) is 1.58. The lowest BCUT2D eigenvalue weighted by atomic mass is 10.2. The molecule has 0 aliphatic rings. The van der Waals surface area contributed by atoms with Crippen molar-refractivity contribution in [1.82, 2.24) is 4.98 Å². The van der Waals surface area contributed by atoms with Gasteiger partial charge in [0, 0.05) is 11.5 Å². The van der Waals surface area contributed by atoms with Crippen molar-refractivity contribution in [3.05, 3.63) is 71.9 Å². The number of benzene rings is 2. The SMILES string of the molecule is COc1ccc(C)cc1NC(=O)C=Cc1ccc2ccccc2n1. The summed E-state index contributed by atoms with van der Waals surface area (Å²) in [5.74, 6) is 0.403. The fourth-order valence-electron chi connectivity index (χ4n) is 2.43. The van der Waals surface area contributed by atoms with Gasteiger partial charge in [-0.25, -0.2) is 4.98 Å². The Morgan fingerprint density at radius 1 is 1.12 bits per heavy atom. The number of nitrogens with zero attached hydrogens (tertiary/aromatic N) is 1. The largest absolute Gasteiger partial charge is 0.495 e. The fourth-order valence-corrected chi connectivity index (χ4v) is 2.43. The highest BCUT2D eigenvalue weighted by atomic mass is 16.5. The molecule has 0 bridgehead atoms. The van der Waals surface area contributed by atoms with Gasteiger partial charge in [-0.1, -0.05) is 30.3 Å². The lowest BCUT2D eigenvalue weighted by Gasteiger charge is -2.09. The topological polar surface area (TPSA) is 51.2 Å². The van der Waals surface area contributed by atoms with E-state index in [1.165, 1.54) is 6.08 Å². The number of aryl methyl sites for hydroxylation is 1. The van der Waals surface area contributed by atoms with Gasteiger partial charge < -0.3 is 10.1 Å². The van der Waals surface area contributed by atoms with Crippen LogP contribution in [0, 0.1) is 6.92 Å². The van der Waals surface area contributed by atoms with Crippen molar-refractivity contribution in [2.45, 2.75) is 6.92 Å². The number of amides is 1. The predicted molar refractivity (Wildman–Crippen MR) is 97.1 cm³/mol. The zero-order valence-electron chi connectivity index (χ0n) is 13.6. The van der Waals surface area contributed by atoms with Crippen LogP contribution < -0.4 is 10.1 Å². The van der Waals surface area contributed by atoms with Gasteiger partial charge in [-0.05, 0) is 42.8 Å². The zero-order chi connectivity index (χ0) is 16.9. The maximum atomic E-state index is 12.1. The van der Waals surface area contributed by atoms with Gasteiger partial charge >= 0.3 is 0 Å². The minimum atomic E-state index is -0.228. The molecule has 0 spiro atoms. The van der Waals surface area contributed by atoms with Gasteiger partial charge in [0.15, 0.2) is 0 Å². The summed E-state index contributed by atoms with van der Waals surface area (Å²) >= 11 is 0. The van der Waals surface area contributed by atoms with E-state index < -0.39 is 0 Å². The molecule has 3 aromatic rings. The number of methoxy groups -OCH3 is 1. The zero-order valence-corrected chi connectivity index (χ0v) is 13.6. The Hall–Kier alpha value is -3.14. The van der Waals surface area contributed by atoms with Crippen LogP contribution >= 0.6 is 0 Å². The van der Waals surface area contributed by atoms with Gasteiger partial charge in [-0.2, -0.15) is 0 Å². The van der Waals surface area contributed by atoms with E-state index >= 15 is 0 Å². The third-order valence-electron chi connectivity index (χ3n) is 3.64. The number of carbonyl (C=O) groups is 1. The van der Waals surface area contributed by atoms with E-state index in [2.05, 4.69) is 10.3 Å². The van der Waals surface area contributed by atoms with Crippen LogP contribution in [0.4, 0.5) is 5.69 Å². The molecular weight excluding hydrogens is 300 g/mol. The van der Waals surface area contributed by atoms with E-state index in [0.29, 0.717) is 11.4 Å². The van der Waals surface area contributed by atoms with Crippen LogP contribution in [0.25, 0.3) is 17.0 Å². The quantitative estimate of drug-likeness (QED) is 0.733. The molecule has 4 nitrogen and oxygen atoms in total. The molecule has 0 fully saturated rings. The Bertz CT molecular complexity index is 916. The Morgan fingerprint density at radius 2 is 1.96 bits per heavy atom. The molecule has 4 heteroatoms. The molecule has 1 heterocycles. The second-order valence-electron chi connectivity index (χ2n) is 5.46. The summed E-state index contributed by atoms with van der Waals surface area (Å²) in [6.07, 6.45) is 3.17. The van der Waals surface area contributed by atoms with Crippen molar-refractivity contribution >= 4 is 28.6 Å². The van der Waals surface area contributed by atoms with Crippen LogP contribution in [-0.2, 0) is 4.79 Å². The van der Waals surface area contributed by atoms with Crippen LogP contribution in [0.1, 0.15) is 11.3 Å². The van der Waals surface area contributed by atoms with Crippen molar-refractivity contribution in [2.24, 2.45) is 0 Å². The minimum Gasteiger partial charge on any atom is -0.495 e. The standard InChI is InChI=1S/C20H18N2O2/c1-14-7-11-19(24-2)18(13-14)22-20(23)12-10-16-9-8-15-5-3-4-6-17(15)21-16/h3-13H,1-2H3,(H,22,23). The van der Waals surface area contributed by atoms with E-state index in [1.807, 2.05) is 61.5 Å². The highest BCUT2D eigenvalue weighted by Gasteiger charge is 2.05. The summed E-state index contributed by atoms with van der Waals surface area (Å²) in [5, 5.41) is 3.90. The van der Waals surface area contributed by atoms with Gasteiger partial charge in [-0.15, -0.1) is 0 Å². The third kappa shape index (κ3) is 3.60. The summed E-state index contributed by atoms with van der Waals surface area (Å²) < 4.78 is 5.26. The number of rotatable bonds is 4. The molecule has 0 atom stereocenters. The van der Waals surface area contributed by atoms with Crippen molar-refractivity contribution in [2.75, 3.05) is 12.4 Å². The molecule has 120 valence electrons. The Labute approximate surface area is 140 Å². The number of hydrogen-bond acceptors (Lipinski definition) is 3. The number of pyridine rings is 1. The number of carbonyl (C=O) groups excluding carboxylic acids is 1. The number of hydrogen-bond donors (Lipinski definition) is 1. The second kappa shape index (κ2) is 6.96. The van der Waals surface area contributed by atoms with E-state index in [4.69, 9.17) is 4.74 Å². The van der Waals surface area contributed by atoms with Crippen LogP contribution in [0.15, 0.2) is 60.7 Å². The van der Waals surface area contributed by atoms with Crippen LogP contribution in [0.2, 0.25) is 0 Å². The third-order valence-corrected chi connectivity index (χ3v) is 3.64. The van der Waals surface area contributed by atoms with Crippen LogP contribution in [0.5, 0.6) is 5.75 Å². The summed E-state index contributed by atoms with van der Waals surface area (Å²) in [6, 6.07) is 17.4. The smallest absolute Gasteiger partial charge is 0.248 e. The molecular formula is C20H18N2O2. The highest BCUT2D eigenvalue weighted by Crippen LogP contribution is 2.25. The number of nitrogens with one attached hydrogen (secondary N) is 1. The molecule has 0 saturated carbocycles. The maximum Gasteiger partial charge on any atom is 0.248 e. The average molecular weight is 318 g/mol. The van der Waals surface area contributed by atoms with E-state index in [0.717, 1.165) is 22.2 Å². The van der Waals surface area contributed by atoms with Crippen molar-refractivity contribution in [3.8, 4) is 5.75 Å². The molecule has 1 N–H and O–H groups in total. The van der Waals surface area contributed by atoms with Gasteiger partial charge in [0.05, 0.1) is 24.0 Å². The summed E-state index contributed by atoms with van der Waals surface area (Å²) in [6.45, 7) is 1.96. The number of fused-ring (bicyclic) bond motifs is 1. The number of aromatic nitrogens is 1. The molecule has 0 saturated heterocycles. The number of para-hydroxylation sites is 1. The first-order valence-electron chi connectivity index (χ1n) is 7.65. The Balaban J connectivity index is 1.76. The molecule has 0 unspecified atom stereocenters. The molecule has 1 amide bonds. The van der Waals surface area contributed by atoms with Gasteiger partial charge in [0.1, 0.15) is 5.75 Å². The first kappa shape index (κ1) is 15.7. The van der Waals surface area contributed by atoms with Crippen LogP contribution in [-0.4, -0.2) is 18.0 Å².